The molecular weight excluding hydrogens is 110 g/mol. The van der Waals surface area contributed by atoms with Crippen molar-refractivity contribution in [1.29, 1.82) is 0 Å². The van der Waals surface area contributed by atoms with E-state index in [0.717, 1.165) is 0 Å². The van der Waals surface area contributed by atoms with Crippen LogP contribution in [0.15, 0.2) is 0 Å². The first-order valence-corrected chi connectivity index (χ1v) is 2.23. The topological polar surface area (TPSA) is 57.3 Å². The highest BCUT2D eigenvalue weighted by atomic mass is 16.5. The third-order valence-corrected chi connectivity index (χ3v) is 1.01. The van der Waals surface area contributed by atoms with E-state index in [1.165, 1.54) is 0 Å². The van der Waals surface area contributed by atoms with Crippen LogP contribution in [0, 0.1) is 0 Å². The number of amides is 1. The van der Waals surface area contributed by atoms with Crippen LogP contribution < -0.4 is 0 Å². The van der Waals surface area contributed by atoms with Gasteiger partial charge in [-0.3, -0.25) is 9.59 Å². The zero-order valence-corrected chi connectivity index (χ0v) is 4.09. The van der Waals surface area contributed by atoms with E-state index in [4.69, 9.17) is 0 Å². The summed E-state index contributed by atoms with van der Waals surface area (Å²) in [6.45, 7) is 0.0394. The molecule has 4 heteroatoms. The molecule has 4 nitrogen and oxygen atoms in total. The largest absolute Gasteiger partial charge is 0.316 e. The van der Waals surface area contributed by atoms with Crippen molar-refractivity contribution in [2.24, 2.45) is 0 Å². The first-order valence-electron chi connectivity index (χ1n) is 2.23. The quantitative estimate of drug-likeness (QED) is 0.384. The Morgan fingerprint density at radius 1 is 1.38 bits per heavy atom. The molecule has 1 heterocycles. The highest BCUT2D eigenvalue weighted by Crippen LogP contribution is 2.01. The minimum Gasteiger partial charge on any atom is -0.289 e. The molecule has 1 aliphatic heterocycles. The summed E-state index contributed by atoms with van der Waals surface area (Å²) in [4.78, 5) is 20.4. The van der Waals surface area contributed by atoms with Crippen molar-refractivity contribution in [2.75, 3.05) is 6.54 Å². The summed E-state index contributed by atoms with van der Waals surface area (Å²) in [6.07, 6.45) is 0.0856. The Bertz CT molecular complexity index is 142. The van der Waals surface area contributed by atoms with Gasteiger partial charge in [0.2, 0.25) is 5.78 Å². The van der Waals surface area contributed by atoms with Crippen molar-refractivity contribution in [3.8, 4) is 0 Å². The average Bonchev–Trinajstić information content (AvgIpc) is 1.98. The molecule has 0 saturated carbocycles. The van der Waals surface area contributed by atoms with E-state index in [9.17, 15) is 14.8 Å². The molecule has 1 fully saturated rings. The Morgan fingerprint density at radius 2 is 2.00 bits per heavy atom. The van der Waals surface area contributed by atoms with Crippen molar-refractivity contribution in [2.45, 2.75) is 6.42 Å². The molecule has 0 atom stereocenters. The van der Waals surface area contributed by atoms with Gasteiger partial charge < -0.3 is 0 Å². The summed E-state index contributed by atoms with van der Waals surface area (Å²) in [7, 11) is 0. The van der Waals surface area contributed by atoms with Gasteiger partial charge in [-0.2, -0.15) is 5.06 Å². The molecular formula is C4H4NO3. The number of carbonyl (C=O) groups excluding carboxylic acids is 2. The van der Waals surface area contributed by atoms with Crippen molar-refractivity contribution in [1.82, 2.24) is 5.06 Å². The lowest BCUT2D eigenvalue weighted by Gasteiger charge is -1.94. The van der Waals surface area contributed by atoms with Gasteiger partial charge in [-0.05, 0) is 0 Å². The monoisotopic (exact) mass is 114 g/mol. The number of hydroxylamine groups is 2. The summed E-state index contributed by atoms with van der Waals surface area (Å²) in [5.74, 6) is -1.47. The molecule has 43 valence electrons. The molecule has 0 bridgehead atoms. The van der Waals surface area contributed by atoms with E-state index in [0.29, 0.717) is 0 Å². The van der Waals surface area contributed by atoms with Gasteiger partial charge in [0.15, 0.2) is 0 Å². The molecule has 1 saturated heterocycles. The van der Waals surface area contributed by atoms with Crippen molar-refractivity contribution >= 4 is 11.7 Å². The second kappa shape index (κ2) is 1.56. The second-order valence-electron chi connectivity index (χ2n) is 1.58. The predicted molar refractivity (Wildman–Crippen MR) is 22.0 cm³/mol. The molecule has 0 unspecified atom stereocenters. The number of rotatable bonds is 0. The Hall–Kier alpha value is -0.900. The Balaban J connectivity index is 2.71. The highest BCUT2D eigenvalue weighted by Gasteiger charge is 2.28. The van der Waals surface area contributed by atoms with Crippen molar-refractivity contribution in [3.05, 3.63) is 0 Å². The number of nitrogens with zero attached hydrogens (tertiary/aromatic N) is 1. The summed E-state index contributed by atoms with van der Waals surface area (Å²) < 4.78 is 0. The van der Waals surface area contributed by atoms with Crippen LogP contribution in [-0.2, 0) is 14.8 Å². The molecule has 1 rings (SSSR count). The molecule has 0 aromatic rings. The van der Waals surface area contributed by atoms with E-state index in [-0.39, 0.29) is 18.0 Å². The van der Waals surface area contributed by atoms with Crippen LogP contribution in [0.3, 0.4) is 0 Å². The third kappa shape index (κ3) is 0.586. The number of Topliss-reactive ketones (excluding diaryl/α,β-unsaturated/α-hetero) is 1. The number of hydrogen-bond donors (Lipinski definition) is 0. The fraction of sp³-hybridized carbons (Fsp3) is 0.500. The lowest BCUT2D eigenvalue weighted by molar-refractivity contribution is -0.178. The van der Waals surface area contributed by atoms with E-state index < -0.39 is 11.7 Å². The van der Waals surface area contributed by atoms with Gasteiger partial charge in [0, 0.05) is 6.42 Å². The summed E-state index contributed by atoms with van der Waals surface area (Å²) in [5, 5.41) is 10.3. The number of hydrogen-bond acceptors (Lipinski definition) is 2. The zero-order valence-electron chi connectivity index (χ0n) is 4.09. The van der Waals surface area contributed by atoms with Crippen LogP contribution in [0.5, 0.6) is 0 Å². The van der Waals surface area contributed by atoms with Crippen LogP contribution in [0.2, 0.25) is 0 Å². The lowest BCUT2D eigenvalue weighted by atomic mass is 10.3. The second-order valence-corrected chi connectivity index (χ2v) is 1.58. The van der Waals surface area contributed by atoms with Crippen molar-refractivity contribution < 1.29 is 14.8 Å². The third-order valence-electron chi connectivity index (χ3n) is 1.01. The van der Waals surface area contributed by atoms with Crippen LogP contribution in [0.25, 0.3) is 0 Å². The smallest absolute Gasteiger partial charge is 0.289 e. The predicted octanol–water partition coefficient (Wildman–Crippen LogP) is -0.867. The molecule has 0 N–H and O–H groups in total. The van der Waals surface area contributed by atoms with Crippen LogP contribution in [0.4, 0.5) is 0 Å². The molecule has 0 aromatic carbocycles. The molecule has 1 aliphatic rings. The average molecular weight is 114 g/mol. The normalized spacial score (nSPS) is 20.4. The van der Waals surface area contributed by atoms with Crippen molar-refractivity contribution in [3.63, 3.8) is 0 Å². The summed E-state index contributed by atoms with van der Waals surface area (Å²) >= 11 is 0. The Labute approximate surface area is 45.7 Å². The fourth-order valence-electron chi connectivity index (χ4n) is 0.551. The Morgan fingerprint density at radius 3 is 2.12 bits per heavy atom. The maximum absolute atomic E-state index is 10.2. The number of ketones is 1. The van der Waals surface area contributed by atoms with E-state index in [1.54, 1.807) is 0 Å². The standard InChI is InChI=1S/C4H4NO3/c6-3-1-2-5(8)4(3)7/h1-2H2. The molecule has 0 aliphatic carbocycles. The molecule has 1 radical (unpaired) electrons. The maximum atomic E-state index is 10.2. The van der Waals surface area contributed by atoms with Gasteiger partial charge in [-0.15, -0.1) is 0 Å². The highest BCUT2D eigenvalue weighted by molar-refractivity contribution is 6.37. The SMILES string of the molecule is [O]N1CCC(=O)C1=O. The van der Waals surface area contributed by atoms with Gasteiger partial charge in [-0.25, -0.2) is 0 Å². The van der Waals surface area contributed by atoms with E-state index in [2.05, 4.69) is 0 Å². The summed E-state index contributed by atoms with van der Waals surface area (Å²) in [5.41, 5.74) is 0. The first kappa shape index (κ1) is 5.24. The van der Waals surface area contributed by atoms with Gasteiger partial charge in [0.1, 0.15) is 0 Å². The van der Waals surface area contributed by atoms with Gasteiger partial charge in [-0.1, -0.05) is 5.21 Å². The zero-order chi connectivity index (χ0) is 6.15. The Kier molecular flexibility index (Phi) is 1.02. The minimum absolute atomic E-state index is 0.0394. The van der Waals surface area contributed by atoms with Gasteiger partial charge in [0.05, 0.1) is 6.54 Å². The number of carbonyl (C=O) groups is 2. The van der Waals surface area contributed by atoms with E-state index >= 15 is 0 Å². The molecule has 0 spiro atoms. The van der Waals surface area contributed by atoms with E-state index in [1.807, 2.05) is 0 Å². The van der Waals surface area contributed by atoms with Crippen LogP contribution in [-0.4, -0.2) is 23.3 Å². The summed E-state index contributed by atoms with van der Waals surface area (Å²) in [6, 6.07) is 0. The maximum Gasteiger partial charge on any atom is 0.316 e. The fourth-order valence-corrected chi connectivity index (χ4v) is 0.551. The van der Waals surface area contributed by atoms with Gasteiger partial charge in [0.25, 0.3) is 0 Å². The van der Waals surface area contributed by atoms with Gasteiger partial charge >= 0.3 is 5.91 Å². The molecule has 0 aromatic heterocycles. The minimum atomic E-state index is -0.898. The van der Waals surface area contributed by atoms with Crippen LogP contribution >= 0.6 is 0 Å². The molecule has 1 amide bonds. The lowest BCUT2D eigenvalue weighted by Crippen LogP contribution is -2.21. The molecule has 8 heavy (non-hydrogen) atoms. The first-order chi connectivity index (χ1) is 3.72. The van der Waals surface area contributed by atoms with Crippen LogP contribution in [0.1, 0.15) is 6.42 Å².